The zero-order chi connectivity index (χ0) is 18.8. The van der Waals surface area contributed by atoms with Crippen LogP contribution in [0.4, 0.5) is 5.69 Å². The van der Waals surface area contributed by atoms with Gasteiger partial charge in [0.1, 0.15) is 11.2 Å². The summed E-state index contributed by atoms with van der Waals surface area (Å²) in [5.41, 5.74) is 2.50. The largest absolute Gasteiger partial charge is 0.332 e. The molecule has 2 heterocycles. The van der Waals surface area contributed by atoms with E-state index in [1.807, 2.05) is 39.0 Å². The molecule has 3 rings (SSSR count). The minimum absolute atomic E-state index is 0.135. The maximum Gasteiger partial charge on any atom is 0.332 e. The van der Waals surface area contributed by atoms with Crippen molar-refractivity contribution < 1.29 is 4.79 Å². The van der Waals surface area contributed by atoms with Gasteiger partial charge >= 0.3 is 5.69 Å². The van der Waals surface area contributed by atoms with Crippen LogP contribution >= 0.6 is 11.3 Å². The van der Waals surface area contributed by atoms with Crippen LogP contribution < -0.4 is 16.6 Å². The highest BCUT2D eigenvalue weighted by Crippen LogP contribution is 2.18. The Morgan fingerprint density at radius 2 is 1.92 bits per heavy atom. The molecule has 0 aliphatic rings. The summed E-state index contributed by atoms with van der Waals surface area (Å²) in [6, 6.07) is 7.53. The van der Waals surface area contributed by atoms with Crippen molar-refractivity contribution in [2.45, 2.75) is 40.3 Å². The van der Waals surface area contributed by atoms with Crippen molar-refractivity contribution in [1.82, 2.24) is 9.13 Å². The fourth-order valence-corrected chi connectivity index (χ4v) is 3.75. The van der Waals surface area contributed by atoms with Crippen LogP contribution in [0.25, 0.3) is 10.2 Å². The predicted octanol–water partition coefficient (Wildman–Crippen LogP) is 2.89. The number of nitrogens with zero attached hydrogens (tertiary/aromatic N) is 2. The Kier molecular flexibility index (Phi) is 5.08. The second kappa shape index (κ2) is 7.29. The highest BCUT2D eigenvalue weighted by molar-refractivity contribution is 7.17. The van der Waals surface area contributed by atoms with Gasteiger partial charge < -0.3 is 5.32 Å². The number of anilines is 1. The number of aromatic nitrogens is 2. The highest BCUT2D eigenvalue weighted by Gasteiger charge is 2.16. The van der Waals surface area contributed by atoms with E-state index in [1.165, 1.54) is 20.5 Å². The number of amides is 1. The Labute approximate surface area is 154 Å². The number of carbonyl (C=O) groups is 1. The number of hydrogen-bond acceptors (Lipinski definition) is 4. The molecule has 0 spiro atoms. The lowest BCUT2D eigenvalue weighted by Crippen LogP contribution is -2.41. The van der Waals surface area contributed by atoms with Gasteiger partial charge in [-0.3, -0.25) is 18.7 Å². The summed E-state index contributed by atoms with van der Waals surface area (Å²) < 4.78 is 3.09. The molecule has 0 atom stereocenters. The van der Waals surface area contributed by atoms with Crippen molar-refractivity contribution in [3.63, 3.8) is 0 Å². The third kappa shape index (κ3) is 3.35. The SMILES string of the molecule is CCCn1c(=O)c2sccc2n(CC(=O)Nc2cc(C)ccc2C)c1=O. The number of benzene rings is 1. The molecule has 0 aliphatic heterocycles. The van der Waals surface area contributed by atoms with Gasteiger partial charge in [-0.05, 0) is 48.9 Å². The van der Waals surface area contributed by atoms with Crippen molar-refractivity contribution in [3.8, 4) is 0 Å². The Balaban J connectivity index is 1.99. The van der Waals surface area contributed by atoms with E-state index in [-0.39, 0.29) is 18.0 Å². The van der Waals surface area contributed by atoms with Crippen LogP contribution in [-0.2, 0) is 17.9 Å². The second-order valence-corrected chi connectivity index (χ2v) is 7.24. The highest BCUT2D eigenvalue weighted by atomic mass is 32.1. The number of fused-ring (bicyclic) bond motifs is 1. The minimum Gasteiger partial charge on any atom is -0.324 e. The summed E-state index contributed by atoms with van der Waals surface area (Å²) in [7, 11) is 0. The standard InChI is InChI=1S/C19H21N3O3S/c1-4-8-21-18(24)17-15(7-9-26-17)22(19(21)25)11-16(23)20-14-10-12(2)5-6-13(14)3/h5-7,9-10H,4,8,11H2,1-3H3,(H,20,23). The number of aryl methyl sites for hydroxylation is 2. The molecule has 0 bridgehead atoms. The number of carbonyl (C=O) groups excluding carboxylic acids is 1. The van der Waals surface area contributed by atoms with Crippen molar-refractivity contribution in [3.05, 3.63) is 61.6 Å². The molecule has 6 nitrogen and oxygen atoms in total. The molecule has 0 radical (unpaired) electrons. The fourth-order valence-electron chi connectivity index (χ4n) is 2.91. The van der Waals surface area contributed by atoms with Gasteiger partial charge in [0.2, 0.25) is 5.91 Å². The maximum atomic E-state index is 12.8. The minimum atomic E-state index is -0.445. The summed E-state index contributed by atoms with van der Waals surface area (Å²) in [5, 5.41) is 4.63. The summed E-state index contributed by atoms with van der Waals surface area (Å²) >= 11 is 1.29. The van der Waals surface area contributed by atoms with E-state index in [9.17, 15) is 14.4 Å². The molecule has 7 heteroatoms. The molecule has 0 fully saturated rings. The first-order valence-corrected chi connectivity index (χ1v) is 9.38. The van der Waals surface area contributed by atoms with E-state index in [2.05, 4.69) is 5.32 Å². The summed E-state index contributed by atoms with van der Waals surface area (Å²) in [6.07, 6.45) is 0.667. The molecule has 1 N–H and O–H groups in total. The predicted molar refractivity (Wildman–Crippen MR) is 105 cm³/mol. The van der Waals surface area contributed by atoms with Crippen molar-refractivity contribution >= 4 is 33.1 Å². The number of hydrogen-bond donors (Lipinski definition) is 1. The molecule has 2 aromatic heterocycles. The molecule has 0 unspecified atom stereocenters. The molecular formula is C19H21N3O3S. The van der Waals surface area contributed by atoms with Gasteiger partial charge in [-0.25, -0.2) is 4.79 Å². The number of rotatable bonds is 5. The second-order valence-electron chi connectivity index (χ2n) is 6.33. The molecule has 1 aromatic carbocycles. The van der Waals surface area contributed by atoms with Crippen LogP contribution in [0, 0.1) is 13.8 Å². The third-order valence-corrected chi connectivity index (χ3v) is 5.14. The Morgan fingerprint density at radius 1 is 1.15 bits per heavy atom. The maximum absolute atomic E-state index is 12.8. The molecule has 136 valence electrons. The van der Waals surface area contributed by atoms with Crippen LogP contribution in [0.15, 0.2) is 39.2 Å². The van der Waals surface area contributed by atoms with Gasteiger partial charge in [-0.2, -0.15) is 0 Å². The normalized spacial score (nSPS) is 11.0. The average molecular weight is 371 g/mol. The molecule has 0 saturated heterocycles. The molecule has 0 aliphatic carbocycles. The van der Waals surface area contributed by atoms with E-state index in [1.54, 1.807) is 11.4 Å². The van der Waals surface area contributed by atoms with Crippen LogP contribution in [0.2, 0.25) is 0 Å². The summed E-state index contributed by atoms with van der Waals surface area (Å²) in [6.45, 7) is 5.98. The first kappa shape index (κ1) is 18.1. The van der Waals surface area contributed by atoms with Crippen molar-refractivity contribution in [1.29, 1.82) is 0 Å². The fraction of sp³-hybridized carbons (Fsp3) is 0.316. The van der Waals surface area contributed by atoms with Crippen molar-refractivity contribution in [2.24, 2.45) is 0 Å². The Morgan fingerprint density at radius 3 is 2.65 bits per heavy atom. The first-order valence-electron chi connectivity index (χ1n) is 8.50. The Bertz CT molecular complexity index is 1090. The van der Waals surface area contributed by atoms with Gasteiger partial charge in [-0.15, -0.1) is 11.3 Å². The van der Waals surface area contributed by atoms with Crippen LogP contribution in [-0.4, -0.2) is 15.0 Å². The van der Waals surface area contributed by atoms with E-state index < -0.39 is 5.69 Å². The average Bonchev–Trinajstić information content (AvgIpc) is 3.08. The third-order valence-electron chi connectivity index (χ3n) is 4.25. The zero-order valence-corrected chi connectivity index (χ0v) is 15.9. The molecule has 26 heavy (non-hydrogen) atoms. The van der Waals surface area contributed by atoms with Gasteiger partial charge in [0.15, 0.2) is 0 Å². The zero-order valence-electron chi connectivity index (χ0n) is 15.0. The lowest BCUT2D eigenvalue weighted by molar-refractivity contribution is -0.116. The molecule has 3 aromatic rings. The van der Waals surface area contributed by atoms with Gasteiger partial charge in [0.25, 0.3) is 5.56 Å². The molecular weight excluding hydrogens is 350 g/mol. The van der Waals surface area contributed by atoms with Crippen LogP contribution in [0.5, 0.6) is 0 Å². The summed E-state index contributed by atoms with van der Waals surface area (Å²) in [4.78, 5) is 37.8. The Hall–Kier alpha value is -2.67. The van der Waals surface area contributed by atoms with Gasteiger partial charge in [-0.1, -0.05) is 19.1 Å². The quantitative estimate of drug-likeness (QED) is 0.749. The monoisotopic (exact) mass is 371 g/mol. The van der Waals surface area contributed by atoms with E-state index >= 15 is 0 Å². The van der Waals surface area contributed by atoms with Crippen LogP contribution in [0.1, 0.15) is 24.5 Å². The van der Waals surface area contributed by atoms with Gasteiger partial charge in [0.05, 0.1) is 5.52 Å². The van der Waals surface area contributed by atoms with Crippen LogP contribution in [0.3, 0.4) is 0 Å². The lowest BCUT2D eigenvalue weighted by Gasteiger charge is -2.13. The smallest absolute Gasteiger partial charge is 0.324 e. The molecule has 0 saturated carbocycles. The van der Waals surface area contributed by atoms with E-state index in [0.717, 1.165) is 16.8 Å². The van der Waals surface area contributed by atoms with Crippen molar-refractivity contribution in [2.75, 3.05) is 5.32 Å². The van der Waals surface area contributed by atoms with Gasteiger partial charge in [0, 0.05) is 12.2 Å². The van der Waals surface area contributed by atoms with E-state index in [0.29, 0.717) is 23.2 Å². The first-order chi connectivity index (χ1) is 12.4. The lowest BCUT2D eigenvalue weighted by atomic mass is 10.1. The topological polar surface area (TPSA) is 73.1 Å². The van der Waals surface area contributed by atoms with E-state index in [4.69, 9.17) is 0 Å². The molecule has 1 amide bonds. The summed E-state index contributed by atoms with van der Waals surface area (Å²) in [5.74, 6) is -0.296. The number of nitrogens with one attached hydrogen (secondary N) is 1. The number of thiophene rings is 1.